The van der Waals surface area contributed by atoms with Crippen molar-refractivity contribution in [2.24, 2.45) is 0 Å². The molecule has 0 saturated carbocycles. The van der Waals surface area contributed by atoms with Gasteiger partial charge < -0.3 is 11.0 Å². The molecule has 0 aliphatic carbocycles. The van der Waals surface area contributed by atoms with E-state index < -0.39 is 0 Å². The second-order valence-electron chi connectivity index (χ2n) is 0. The fraction of sp³-hybridized carbons (Fsp3) is 0. The minimum absolute atomic E-state index is 0. The number of hydrogen-bond donors (Lipinski definition) is 0. The van der Waals surface area contributed by atoms with Gasteiger partial charge in [0.1, 0.15) is 0 Å². The summed E-state index contributed by atoms with van der Waals surface area (Å²) in [4.78, 5) is 0. The van der Waals surface area contributed by atoms with Crippen LogP contribution in [0.1, 0.15) is 0 Å². The Morgan fingerprint density at radius 3 is 0.750 bits per heavy atom. The molecule has 0 fully saturated rings. The van der Waals surface area contributed by atoms with Crippen LogP contribution in [0.4, 0.5) is 0 Å². The van der Waals surface area contributed by atoms with E-state index in [1.165, 1.54) is 0 Å². The molecule has 0 aromatic carbocycles. The molecule has 0 aromatic heterocycles. The van der Waals surface area contributed by atoms with Crippen molar-refractivity contribution >= 4 is 29.6 Å². The van der Waals surface area contributed by atoms with Crippen LogP contribution in [-0.2, 0) is 17.4 Å². The van der Waals surface area contributed by atoms with Gasteiger partial charge in [-0.2, -0.15) is 0 Å². The maximum atomic E-state index is 0. The first-order chi connectivity index (χ1) is 0. The van der Waals surface area contributed by atoms with Gasteiger partial charge in [-0.3, -0.25) is 0 Å². The van der Waals surface area contributed by atoms with Crippen LogP contribution >= 0.6 is 0 Å². The van der Waals surface area contributed by atoms with Crippen molar-refractivity contribution in [2.75, 3.05) is 0 Å². The van der Waals surface area contributed by atoms with Crippen LogP contribution < -0.4 is 0 Å². The van der Waals surface area contributed by atoms with Gasteiger partial charge in [0.05, 0.1) is 0 Å². The van der Waals surface area contributed by atoms with Crippen LogP contribution in [0.2, 0.25) is 0 Å². The molecule has 0 rings (SSSR count). The van der Waals surface area contributed by atoms with Gasteiger partial charge in [-0.25, -0.2) is 0 Å². The van der Waals surface area contributed by atoms with Crippen molar-refractivity contribution in [3.05, 3.63) is 0 Å². The average molecular weight is 112 g/mol. The van der Waals surface area contributed by atoms with Gasteiger partial charge in [0.25, 0.3) is 0 Å². The Labute approximate surface area is 57.6 Å². The predicted molar refractivity (Wildman–Crippen MR) is 14.4 cm³/mol. The van der Waals surface area contributed by atoms with Gasteiger partial charge in [-0.15, -0.1) is 0 Å². The molecule has 0 spiro atoms. The van der Waals surface area contributed by atoms with Crippen LogP contribution in [0.15, 0.2) is 0 Å². The van der Waals surface area contributed by atoms with Gasteiger partial charge >= 0.3 is 29.6 Å². The summed E-state index contributed by atoms with van der Waals surface area (Å²) in [6.07, 6.45) is 0. The molecule has 0 aliphatic heterocycles. The molecule has 2 nitrogen and oxygen atoms in total. The van der Waals surface area contributed by atoms with Crippen molar-refractivity contribution < 1.29 is 28.3 Å². The van der Waals surface area contributed by atoms with E-state index in [9.17, 15) is 0 Å². The van der Waals surface area contributed by atoms with Gasteiger partial charge in [0.15, 0.2) is 0 Å². The summed E-state index contributed by atoms with van der Waals surface area (Å²) >= 11 is 0. The number of hydrogen-bond acceptors (Lipinski definition) is 0. The quantitative estimate of drug-likeness (QED) is 0.316. The molecule has 4 heavy (non-hydrogen) atoms. The predicted octanol–water partition coefficient (Wildman–Crippen LogP) is -2.30. The molecule has 0 unspecified atom stereocenters. The third-order valence-electron chi connectivity index (χ3n) is 0. The fourth-order valence-electron chi connectivity index (χ4n) is 0. The molecule has 0 aromatic rings. The SMILES string of the molecule is O.O.[Cr].[NaH]. The van der Waals surface area contributed by atoms with Crippen LogP contribution in [-0.4, -0.2) is 40.5 Å². The Hall–Kier alpha value is 1.45. The van der Waals surface area contributed by atoms with Crippen LogP contribution in [0.5, 0.6) is 0 Å². The zero-order valence-corrected chi connectivity index (χ0v) is 2.68. The van der Waals surface area contributed by atoms with Crippen molar-refractivity contribution in [1.82, 2.24) is 0 Å². The van der Waals surface area contributed by atoms with Crippen LogP contribution in [0.25, 0.3) is 0 Å². The molecule has 0 saturated heterocycles. The van der Waals surface area contributed by atoms with Crippen molar-refractivity contribution in [1.29, 1.82) is 0 Å². The molecule has 4 N–H and O–H groups in total. The first-order valence-corrected chi connectivity index (χ1v) is 0. The third-order valence-corrected chi connectivity index (χ3v) is 0. The molecule has 0 heterocycles. The Morgan fingerprint density at radius 1 is 0.750 bits per heavy atom. The van der Waals surface area contributed by atoms with Crippen LogP contribution in [0.3, 0.4) is 0 Å². The standard InChI is InChI=1S/Cr.Na.2H2O.H/h;;2*1H2;. The molecule has 0 bridgehead atoms. The number of rotatable bonds is 0. The summed E-state index contributed by atoms with van der Waals surface area (Å²) in [5, 5.41) is 0. The molecule has 0 atom stereocenters. The summed E-state index contributed by atoms with van der Waals surface area (Å²) in [7, 11) is 0. The molecule has 0 amide bonds. The zero-order valence-electron chi connectivity index (χ0n) is 1.41. The second kappa shape index (κ2) is 25.2. The topological polar surface area (TPSA) is 63.0 Å². The van der Waals surface area contributed by atoms with E-state index in [2.05, 4.69) is 0 Å². The van der Waals surface area contributed by atoms with Crippen molar-refractivity contribution in [2.45, 2.75) is 0 Å². The van der Waals surface area contributed by atoms with Crippen molar-refractivity contribution in [3.8, 4) is 0 Å². The second-order valence-corrected chi connectivity index (χ2v) is 0. The van der Waals surface area contributed by atoms with E-state index in [0.717, 1.165) is 0 Å². The average Bonchev–Trinajstić information content (AvgIpc) is 0. The summed E-state index contributed by atoms with van der Waals surface area (Å²) in [6.45, 7) is 0. The van der Waals surface area contributed by atoms with Crippen LogP contribution in [0, 0.1) is 0 Å². The Kier molecular flexibility index (Phi) is 322. The van der Waals surface area contributed by atoms with Gasteiger partial charge in [-0.1, -0.05) is 0 Å². The molecule has 0 aliphatic rings. The summed E-state index contributed by atoms with van der Waals surface area (Å²) in [5.41, 5.74) is 0. The Bertz CT molecular complexity index is 6.00. The molecule has 4 heteroatoms. The van der Waals surface area contributed by atoms with Gasteiger partial charge in [-0.05, 0) is 0 Å². The summed E-state index contributed by atoms with van der Waals surface area (Å²) in [5.74, 6) is 0. The molecule has 24 valence electrons. The maximum absolute atomic E-state index is 0. The zero-order chi connectivity index (χ0) is 0. The van der Waals surface area contributed by atoms with E-state index >= 15 is 0 Å². The summed E-state index contributed by atoms with van der Waals surface area (Å²) < 4.78 is 0. The molecular weight excluding hydrogens is 107 g/mol. The van der Waals surface area contributed by atoms with E-state index in [1.807, 2.05) is 0 Å². The Morgan fingerprint density at radius 2 is 0.750 bits per heavy atom. The van der Waals surface area contributed by atoms with E-state index in [-0.39, 0.29) is 57.9 Å². The first-order valence-electron chi connectivity index (χ1n) is 0. The van der Waals surface area contributed by atoms with Gasteiger partial charge in [0, 0.05) is 17.4 Å². The molecular formula is H5CrNaO2. The van der Waals surface area contributed by atoms with Crippen molar-refractivity contribution in [3.63, 3.8) is 0 Å². The monoisotopic (exact) mass is 112 g/mol. The first kappa shape index (κ1) is 51.2. The summed E-state index contributed by atoms with van der Waals surface area (Å²) in [6, 6.07) is 0. The van der Waals surface area contributed by atoms with E-state index in [0.29, 0.717) is 0 Å². The normalized spacial score (nSPS) is 0. The molecule has 0 radical (unpaired) electrons. The van der Waals surface area contributed by atoms with E-state index in [4.69, 9.17) is 0 Å². The third kappa shape index (κ3) is 9.84. The van der Waals surface area contributed by atoms with Gasteiger partial charge in [0.2, 0.25) is 0 Å². The minimum atomic E-state index is 0. The Balaban J connectivity index is 0. The van der Waals surface area contributed by atoms with E-state index in [1.54, 1.807) is 0 Å². The fourth-order valence-corrected chi connectivity index (χ4v) is 0.